The van der Waals surface area contributed by atoms with E-state index in [-0.39, 0.29) is 5.91 Å². The number of hydrogen-bond donors (Lipinski definition) is 0. The third kappa shape index (κ3) is 3.37. The molecule has 0 atom stereocenters. The van der Waals surface area contributed by atoms with Crippen LogP contribution in [0.5, 0.6) is 0 Å². The van der Waals surface area contributed by atoms with Gasteiger partial charge in [-0.1, -0.05) is 30.7 Å². The summed E-state index contributed by atoms with van der Waals surface area (Å²) in [6, 6.07) is 6.37. The average molecular weight is 219 g/mol. The summed E-state index contributed by atoms with van der Waals surface area (Å²) < 4.78 is 0. The quantitative estimate of drug-likeness (QED) is 0.762. The molecule has 0 radical (unpaired) electrons. The first-order valence-electron chi connectivity index (χ1n) is 5.84. The van der Waals surface area contributed by atoms with E-state index in [1.54, 1.807) is 4.90 Å². The number of aryl methyl sites for hydroxylation is 2. The Kier molecular flexibility index (Phi) is 4.53. The Morgan fingerprint density at radius 2 is 2.00 bits per heavy atom. The Labute approximate surface area is 98.3 Å². The molecule has 0 bridgehead atoms. The van der Waals surface area contributed by atoms with Gasteiger partial charge in [-0.15, -0.1) is 0 Å². The fourth-order valence-electron chi connectivity index (χ4n) is 1.77. The maximum absolute atomic E-state index is 11.7. The van der Waals surface area contributed by atoms with Gasteiger partial charge < -0.3 is 4.90 Å². The van der Waals surface area contributed by atoms with Crippen LogP contribution in [0.1, 0.15) is 36.5 Å². The molecular weight excluding hydrogens is 198 g/mol. The Morgan fingerprint density at radius 3 is 2.56 bits per heavy atom. The second kappa shape index (κ2) is 5.69. The second-order valence-corrected chi connectivity index (χ2v) is 4.43. The van der Waals surface area contributed by atoms with E-state index >= 15 is 0 Å². The molecule has 0 N–H and O–H groups in total. The van der Waals surface area contributed by atoms with Crippen molar-refractivity contribution in [2.24, 2.45) is 0 Å². The molecule has 0 saturated heterocycles. The summed E-state index contributed by atoms with van der Waals surface area (Å²) in [6.07, 6.45) is 1.55. The first-order valence-corrected chi connectivity index (χ1v) is 5.84. The molecule has 0 fully saturated rings. The van der Waals surface area contributed by atoms with Crippen LogP contribution in [0.15, 0.2) is 18.2 Å². The molecule has 0 aliphatic rings. The van der Waals surface area contributed by atoms with E-state index in [1.807, 2.05) is 14.0 Å². The number of amides is 1. The van der Waals surface area contributed by atoms with Crippen LogP contribution in [0.4, 0.5) is 0 Å². The number of rotatable bonds is 4. The zero-order chi connectivity index (χ0) is 12.1. The highest BCUT2D eigenvalue weighted by molar-refractivity contribution is 5.75. The second-order valence-electron chi connectivity index (χ2n) is 4.43. The Bertz CT molecular complexity index is 371. The molecule has 0 aromatic heterocycles. The molecule has 2 heteroatoms. The SMILES string of the molecule is CCCC(=O)N(C)Cc1ccc(C)cc1C. The van der Waals surface area contributed by atoms with Crippen molar-refractivity contribution < 1.29 is 4.79 Å². The Hall–Kier alpha value is -1.31. The fourth-order valence-corrected chi connectivity index (χ4v) is 1.77. The largest absolute Gasteiger partial charge is 0.341 e. The summed E-state index contributed by atoms with van der Waals surface area (Å²) in [5, 5.41) is 0. The van der Waals surface area contributed by atoms with E-state index in [1.165, 1.54) is 16.7 Å². The number of hydrogen-bond acceptors (Lipinski definition) is 1. The van der Waals surface area contributed by atoms with E-state index in [2.05, 4.69) is 32.0 Å². The number of nitrogens with zero attached hydrogens (tertiary/aromatic N) is 1. The van der Waals surface area contributed by atoms with Gasteiger partial charge in [0.2, 0.25) is 5.91 Å². The van der Waals surface area contributed by atoms with Crippen LogP contribution < -0.4 is 0 Å². The van der Waals surface area contributed by atoms with E-state index in [4.69, 9.17) is 0 Å². The van der Waals surface area contributed by atoms with Gasteiger partial charge in [-0.3, -0.25) is 4.79 Å². The smallest absolute Gasteiger partial charge is 0.222 e. The van der Waals surface area contributed by atoms with Gasteiger partial charge in [0.25, 0.3) is 0 Å². The molecule has 2 nitrogen and oxygen atoms in total. The molecule has 88 valence electrons. The molecule has 0 aliphatic carbocycles. The van der Waals surface area contributed by atoms with Crippen LogP contribution in [0.3, 0.4) is 0 Å². The summed E-state index contributed by atoms with van der Waals surface area (Å²) in [4.78, 5) is 13.5. The lowest BCUT2D eigenvalue weighted by atomic mass is 10.1. The Balaban J connectivity index is 2.69. The zero-order valence-corrected chi connectivity index (χ0v) is 10.7. The molecular formula is C14H21NO. The topological polar surface area (TPSA) is 20.3 Å². The molecule has 0 spiro atoms. The molecule has 1 rings (SSSR count). The van der Waals surface area contributed by atoms with Crippen molar-refractivity contribution in [3.05, 3.63) is 34.9 Å². The van der Waals surface area contributed by atoms with Crippen LogP contribution in [0.25, 0.3) is 0 Å². The van der Waals surface area contributed by atoms with Crippen LogP contribution in [-0.4, -0.2) is 17.9 Å². The highest BCUT2D eigenvalue weighted by atomic mass is 16.2. The minimum atomic E-state index is 0.225. The maximum Gasteiger partial charge on any atom is 0.222 e. The summed E-state index contributed by atoms with van der Waals surface area (Å²) in [6.45, 7) is 6.93. The van der Waals surface area contributed by atoms with Crippen LogP contribution in [-0.2, 0) is 11.3 Å². The van der Waals surface area contributed by atoms with Crippen molar-refractivity contribution in [3.8, 4) is 0 Å². The summed E-state index contributed by atoms with van der Waals surface area (Å²) >= 11 is 0. The summed E-state index contributed by atoms with van der Waals surface area (Å²) in [5.41, 5.74) is 3.76. The predicted octanol–water partition coefficient (Wildman–Crippen LogP) is 3.06. The van der Waals surface area contributed by atoms with Crippen LogP contribution >= 0.6 is 0 Å². The maximum atomic E-state index is 11.7. The third-order valence-electron chi connectivity index (χ3n) is 2.80. The van der Waals surface area contributed by atoms with Crippen LogP contribution in [0.2, 0.25) is 0 Å². The van der Waals surface area contributed by atoms with Gasteiger partial charge in [0.15, 0.2) is 0 Å². The van der Waals surface area contributed by atoms with Gasteiger partial charge in [-0.05, 0) is 31.4 Å². The molecule has 0 unspecified atom stereocenters. The van der Waals surface area contributed by atoms with Gasteiger partial charge in [0, 0.05) is 20.0 Å². The standard InChI is InChI=1S/C14H21NO/c1-5-6-14(16)15(4)10-13-8-7-11(2)9-12(13)3/h7-9H,5-6,10H2,1-4H3. The van der Waals surface area contributed by atoms with Gasteiger partial charge in [-0.25, -0.2) is 0 Å². The van der Waals surface area contributed by atoms with Crippen molar-refractivity contribution in [3.63, 3.8) is 0 Å². The first kappa shape index (κ1) is 12.8. The molecule has 0 saturated carbocycles. The Morgan fingerprint density at radius 1 is 1.31 bits per heavy atom. The predicted molar refractivity (Wildman–Crippen MR) is 67.3 cm³/mol. The van der Waals surface area contributed by atoms with Crippen LogP contribution in [0, 0.1) is 13.8 Å². The summed E-state index contributed by atoms with van der Waals surface area (Å²) in [7, 11) is 1.87. The number of carbonyl (C=O) groups excluding carboxylic acids is 1. The van der Waals surface area contributed by atoms with Crippen molar-refractivity contribution in [1.29, 1.82) is 0 Å². The van der Waals surface area contributed by atoms with E-state index in [0.717, 1.165) is 6.42 Å². The normalized spacial score (nSPS) is 10.2. The van der Waals surface area contributed by atoms with Gasteiger partial charge in [0.05, 0.1) is 0 Å². The van der Waals surface area contributed by atoms with Gasteiger partial charge in [-0.2, -0.15) is 0 Å². The molecule has 1 aromatic rings. The lowest BCUT2D eigenvalue weighted by molar-refractivity contribution is -0.130. The third-order valence-corrected chi connectivity index (χ3v) is 2.80. The summed E-state index contributed by atoms with van der Waals surface area (Å²) in [5.74, 6) is 0.225. The first-order chi connectivity index (χ1) is 7.54. The number of carbonyl (C=O) groups is 1. The van der Waals surface area contributed by atoms with Crippen molar-refractivity contribution in [2.75, 3.05) is 7.05 Å². The molecule has 16 heavy (non-hydrogen) atoms. The van der Waals surface area contributed by atoms with Crippen molar-refractivity contribution in [1.82, 2.24) is 4.90 Å². The number of benzene rings is 1. The average Bonchev–Trinajstić information content (AvgIpc) is 2.22. The van der Waals surface area contributed by atoms with Crippen molar-refractivity contribution >= 4 is 5.91 Å². The highest BCUT2D eigenvalue weighted by Crippen LogP contribution is 2.13. The zero-order valence-electron chi connectivity index (χ0n) is 10.7. The monoisotopic (exact) mass is 219 g/mol. The lowest BCUT2D eigenvalue weighted by Crippen LogP contribution is -2.26. The van der Waals surface area contributed by atoms with E-state index in [0.29, 0.717) is 13.0 Å². The fraction of sp³-hybridized carbons (Fsp3) is 0.500. The lowest BCUT2D eigenvalue weighted by Gasteiger charge is -2.18. The van der Waals surface area contributed by atoms with E-state index < -0.39 is 0 Å². The highest BCUT2D eigenvalue weighted by Gasteiger charge is 2.09. The molecule has 1 aromatic carbocycles. The van der Waals surface area contributed by atoms with Gasteiger partial charge in [0.1, 0.15) is 0 Å². The van der Waals surface area contributed by atoms with E-state index in [9.17, 15) is 4.79 Å². The minimum absolute atomic E-state index is 0.225. The molecule has 0 aliphatic heterocycles. The molecule has 0 heterocycles. The van der Waals surface area contributed by atoms with Gasteiger partial charge >= 0.3 is 0 Å². The minimum Gasteiger partial charge on any atom is -0.341 e. The van der Waals surface area contributed by atoms with Crippen molar-refractivity contribution in [2.45, 2.75) is 40.2 Å². The molecule has 1 amide bonds.